The topological polar surface area (TPSA) is 29.5 Å². The van der Waals surface area contributed by atoms with Crippen molar-refractivity contribution in [3.63, 3.8) is 0 Å². The summed E-state index contributed by atoms with van der Waals surface area (Å²) in [4.78, 5) is 16.1. The van der Waals surface area contributed by atoms with Crippen LogP contribution in [-0.2, 0) is 16.1 Å². The van der Waals surface area contributed by atoms with Crippen LogP contribution in [0.25, 0.3) is 6.08 Å². The van der Waals surface area contributed by atoms with E-state index in [2.05, 4.69) is 42.7 Å². The molecule has 3 rings (SSSR count). The molecule has 1 saturated heterocycles. The van der Waals surface area contributed by atoms with Crippen molar-refractivity contribution in [3.8, 4) is 0 Å². The molecule has 0 unspecified atom stereocenters. The predicted molar refractivity (Wildman–Crippen MR) is 113 cm³/mol. The number of nitrogens with zero attached hydrogens (tertiary/aromatic N) is 1. The van der Waals surface area contributed by atoms with E-state index in [1.165, 1.54) is 4.90 Å². The van der Waals surface area contributed by atoms with Gasteiger partial charge in [-0.05, 0) is 54.4 Å². The van der Waals surface area contributed by atoms with Crippen molar-refractivity contribution in [3.05, 3.63) is 71.8 Å². The molecule has 0 saturated carbocycles. The van der Waals surface area contributed by atoms with E-state index in [1.807, 2.05) is 29.2 Å². The highest BCUT2D eigenvalue weighted by atomic mass is 32.2. The Bertz CT molecular complexity index is 737. The lowest BCUT2D eigenvalue weighted by molar-refractivity contribution is -0.127. The van der Waals surface area contributed by atoms with E-state index in [9.17, 15) is 4.79 Å². The van der Waals surface area contributed by atoms with Crippen molar-refractivity contribution in [2.45, 2.75) is 24.3 Å². The molecule has 1 heterocycles. The monoisotopic (exact) mass is 381 g/mol. The summed E-state index contributed by atoms with van der Waals surface area (Å²) in [6.45, 7) is 3.03. The van der Waals surface area contributed by atoms with Gasteiger partial charge in [0.25, 0.3) is 0 Å². The average molecular weight is 382 g/mol. The van der Waals surface area contributed by atoms with Gasteiger partial charge in [-0.3, -0.25) is 4.79 Å². The highest BCUT2D eigenvalue weighted by Crippen LogP contribution is 2.19. The predicted octanol–water partition coefficient (Wildman–Crippen LogP) is 4.88. The third-order valence-electron chi connectivity index (χ3n) is 4.88. The molecule has 0 atom stereocenters. The molecule has 142 valence electrons. The molecular formula is C23H27NO2S. The van der Waals surface area contributed by atoms with Gasteiger partial charge < -0.3 is 9.64 Å². The largest absolute Gasteiger partial charge is 0.381 e. The molecule has 1 amide bonds. The Hall–Kier alpha value is -2.04. The van der Waals surface area contributed by atoms with Crippen LogP contribution < -0.4 is 0 Å². The maximum Gasteiger partial charge on any atom is 0.246 e. The SMILES string of the molecule is CSc1ccc(/C=C/C(=O)N(Cc2ccccc2)CC2CCOCC2)cc1. The van der Waals surface area contributed by atoms with Crippen molar-refractivity contribution in [2.24, 2.45) is 5.92 Å². The first-order chi connectivity index (χ1) is 13.2. The van der Waals surface area contributed by atoms with Gasteiger partial charge in [-0.2, -0.15) is 0 Å². The van der Waals surface area contributed by atoms with Crippen molar-refractivity contribution < 1.29 is 9.53 Å². The van der Waals surface area contributed by atoms with E-state index in [0.717, 1.165) is 43.7 Å². The zero-order valence-corrected chi connectivity index (χ0v) is 16.7. The molecule has 1 fully saturated rings. The number of ether oxygens (including phenoxy) is 1. The number of amides is 1. The van der Waals surface area contributed by atoms with Gasteiger partial charge >= 0.3 is 0 Å². The van der Waals surface area contributed by atoms with Crippen LogP contribution >= 0.6 is 11.8 Å². The lowest BCUT2D eigenvalue weighted by Crippen LogP contribution is -2.35. The Morgan fingerprint density at radius 1 is 1.11 bits per heavy atom. The van der Waals surface area contributed by atoms with E-state index < -0.39 is 0 Å². The summed E-state index contributed by atoms with van der Waals surface area (Å²) in [6, 6.07) is 18.5. The second-order valence-electron chi connectivity index (χ2n) is 6.87. The maximum atomic E-state index is 12.9. The molecular weight excluding hydrogens is 354 g/mol. The molecule has 27 heavy (non-hydrogen) atoms. The Morgan fingerprint density at radius 3 is 2.48 bits per heavy atom. The number of rotatable bonds is 7. The third kappa shape index (κ3) is 6.26. The van der Waals surface area contributed by atoms with E-state index >= 15 is 0 Å². The number of thioether (sulfide) groups is 1. The van der Waals surface area contributed by atoms with Gasteiger partial charge in [-0.25, -0.2) is 0 Å². The van der Waals surface area contributed by atoms with Crippen LogP contribution in [0.5, 0.6) is 0 Å². The van der Waals surface area contributed by atoms with E-state index in [1.54, 1.807) is 17.8 Å². The minimum Gasteiger partial charge on any atom is -0.381 e. The van der Waals surface area contributed by atoms with Crippen LogP contribution in [0, 0.1) is 5.92 Å². The average Bonchev–Trinajstić information content (AvgIpc) is 2.73. The summed E-state index contributed by atoms with van der Waals surface area (Å²) in [6.07, 6.45) is 7.73. The summed E-state index contributed by atoms with van der Waals surface area (Å²) in [5, 5.41) is 0. The van der Waals surface area contributed by atoms with Crippen LogP contribution in [-0.4, -0.2) is 36.8 Å². The minimum atomic E-state index is 0.0688. The van der Waals surface area contributed by atoms with Gasteiger partial charge in [0, 0.05) is 37.3 Å². The highest BCUT2D eigenvalue weighted by Gasteiger charge is 2.20. The summed E-state index contributed by atoms with van der Waals surface area (Å²) in [5.41, 5.74) is 2.21. The van der Waals surface area contributed by atoms with Crippen LogP contribution in [0.2, 0.25) is 0 Å². The summed E-state index contributed by atoms with van der Waals surface area (Å²) in [5.74, 6) is 0.583. The highest BCUT2D eigenvalue weighted by molar-refractivity contribution is 7.98. The van der Waals surface area contributed by atoms with Crippen molar-refractivity contribution >= 4 is 23.7 Å². The Balaban J connectivity index is 1.69. The zero-order chi connectivity index (χ0) is 18.9. The molecule has 1 aliphatic rings. The van der Waals surface area contributed by atoms with Crippen molar-refractivity contribution in [1.29, 1.82) is 0 Å². The van der Waals surface area contributed by atoms with Gasteiger partial charge in [0.2, 0.25) is 5.91 Å². The lowest BCUT2D eigenvalue weighted by atomic mass is 9.99. The fourth-order valence-corrected chi connectivity index (χ4v) is 3.67. The number of hydrogen-bond acceptors (Lipinski definition) is 3. The normalized spacial score (nSPS) is 15.1. The maximum absolute atomic E-state index is 12.9. The molecule has 0 N–H and O–H groups in total. The number of carbonyl (C=O) groups is 1. The molecule has 1 aliphatic heterocycles. The molecule has 0 radical (unpaired) electrons. The van der Waals surface area contributed by atoms with Crippen molar-refractivity contribution in [2.75, 3.05) is 26.0 Å². The van der Waals surface area contributed by atoms with E-state index in [4.69, 9.17) is 4.74 Å². The molecule has 3 nitrogen and oxygen atoms in total. The zero-order valence-electron chi connectivity index (χ0n) is 15.8. The van der Waals surface area contributed by atoms with Gasteiger partial charge in [-0.1, -0.05) is 42.5 Å². The molecule has 0 bridgehead atoms. The molecule has 2 aromatic carbocycles. The van der Waals surface area contributed by atoms with Crippen LogP contribution in [0.4, 0.5) is 0 Å². The lowest BCUT2D eigenvalue weighted by Gasteiger charge is -2.29. The standard InChI is InChI=1S/C23H27NO2S/c1-27-22-10-7-19(8-11-22)9-12-23(25)24(17-20-5-3-2-4-6-20)18-21-13-15-26-16-14-21/h2-12,21H,13-18H2,1H3/b12-9+. The van der Waals surface area contributed by atoms with E-state index in [0.29, 0.717) is 12.5 Å². The second-order valence-corrected chi connectivity index (χ2v) is 7.75. The minimum absolute atomic E-state index is 0.0688. The molecule has 0 aliphatic carbocycles. The smallest absolute Gasteiger partial charge is 0.246 e. The number of benzene rings is 2. The first-order valence-corrected chi connectivity index (χ1v) is 10.7. The first-order valence-electron chi connectivity index (χ1n) is 9.47. The van der Waals surface area contributed by atoms with Crippen LogP contribution in [0.3, 0.4) is 0 Å². The summed E-state index contributed by atoms with van der Waals surface area (Å²) in [7, 11) is 0. The molecule has 0 spiro atoms. The fourth-order valence-electron chi connectivity index (χ4n) is 3.26. The van der Waals surface area contributed by atoms with Gasteiger partial charge in [0.1, 0.15) is 0 Å². The Kier molecular flexibility index (Phi) is 7.55. The first kappa shape index (κ1) is 19.7. The molecule has 0 aromatic heterocycles. The summed E-state index contributed by atoms with van der Waals surface area (Å²) < 4.78 is 5.47. The van der Waals surface area contributed by atoms with Gasteiger partial charge in [0.05, 0.1) is 0 Å². The quantitative estimate of drug-likeness (QED) is 0.506. The van der Waals surface area contributed by atoms with Crippen LogP contribution in [0.15, 0.2) is 65.6 Å². The fraction of sp³-hybridized carbons (Fsp3) is 0.348. The third-order valence-corrected chi connectivity index (χ3v) is 5.63. The second kappa shape index (κ2) is 10.3. The molecule has 4 heteroatoms. The van der Waals surface area contributed by atoms with Crippen molar-refractivity contribution in [1.82, 2.24) is 4.90 Å². The Morgan fingerprint density at radius 2 is 1.81 bits per heavy atom. The Labute approximate surface area is 166 Å². The summed E-state index contributed by atoms with van der Waals surface area (Å²) >= 11 is 1.72. The van der Waals surface area contributed by atoms with Gasteiger partial charge in [0.15, 0.2) is 0 Å². The number of carbonyl (C=O) groups excluding carboxylic acids is 1. The van der Waals surface area contributed by atoms with E-state index in [-0.39, 0.29) is 5.91 Å². The van der Waals surface area contributed by atoms with Crippen LogP contribution in [0.1, 0.15) is 24.0 Å². The number of hydrogen-bond donors (Lipinski definition) is 0. The van der Waals surface area contributed by atoms with Gasteiger partial charge in [-0.15, -0.1) is 11.8 Å². The molecule has 2 aromatic rings.